The number of para-hydroxylation sites is 2. The van der Waals surface area contributed by atoms with Crippen LogP contribution in [0, 0.1) is 5.41 Å². The van der Waals surface area contributed by atoms with Gasteiger partial charge in [-0.15, -0.1) is 0 Å². The van der Waals surface area contributed by atoms with Crippen molar-refractivity contribution in [3.05, 3.63) is 60.2 Å². The number of rotatable bonds is 6. The SMILES string of the molecule is O=C(O)[C@]1(Cc2ccccc2)CN(c2nc3ccccc3n2CCO)CC[C@@H]1O. The minimum atomic E-state index is -1.33. The van der Waals surface area contributed by atoms with E-state index < -0.39 is 17.5 Å². The van der Waals surface area contributed by atoms with Gasteiger partial charge in [0.2, 0.25) is 5.95 Å². The van der Waals surface area contributed by atoms with E-state index in [0.29, 0.717) is 25.5 Å². The highest BCUT2D eigenvalue weighted by molar-refractivity contribution is 5.80. The number of hydrogen-bond acceptors (Lipinski definition) is 5. The molecule has 1 fully saturated rings. The third-order valence-corrected chi connectivity index (χ3v) is 5.81. The summed E-state index contributed by atoms with van der Waals surface area (Å²) >= 11 is 0. The molecule has 2 aromatic carbocycles. The summed E-state index contributed by atoms with van der Waals surface area (Å²) in [4.78, 5) is 19.0. The second-order valence-corrected chi connectivity index (χ2v) is 7.63. The molecular formula is C22H25N3O4. The number of hydrogen-bond donors (Lipinski definition) is 3. The summed E-state index contributed by atoms with van der Waals surface area (Å²) in [6, 6.07) is 17.1. The average molecular weight is 395 g/mol. The summed E-state index contributed by atoms with van der Waals surface area (Å²) in [5, 5.41) is 30.4. The number of benzene rings is 2. The zero-order chi connectivity index (χ0) is 20.4. The van der Waals surface area contributed by atoms with Crippen molar-refractivity contribution in [1.82, 2.24) is 9.55 Å². The molecule has 0 radical (unpaired) electrons. The van der Waals surface area contributed by atoms with Crippen molar-refractivity contribution < 1.29 is 20.1 Å². The van der Waals surface area contributed by atoms with Crippen LogP contribution in [0.4, 0.5) is 5.95 Å². The lowest BCUT2D eigenvalue weighted by atomic mass is 9.73. The van der Waals surface area contributed by atoms with E-state index in [4.69, 9.17) is 4.98 Å². The van der Waals surface area contributed by atoms with E-state index in [1.165, 1.54) is 0 Å². The van der Waals surface area contributed by atoms with E-state index in [1.807, 2.05) is 64.1 Å². The van der Waals surface area contributed by atoms with E-state index >= 15 is 0 Å². The van der Waals surface area contributed by atoms with Gasteiger partial charge in [-0.1, -0.05) is 42.5 Å². The fourth-order valence-electron chi connectivity index (χ4n) is 4.29. The Bertz CT molecular complexity index is 1000. The van der Waals surface area contributed by atoms with Crippen LogP contribution in [-0.4, -0.2) is 56.6 Å². The molecule has 4 rings (SSSR count). The van der Waals surface area contributed by atoms with Gasteiger partial charge in [0.05, 0.1) is 23.7 Å². The Balaban J connectivity index is 1.74. The molecule has 0 saturated carbocycles. The molecule has 1 aromatic heterocycles. The van der Waals surface area contributed by atoms with Gasteiger partial charge in [0.15, 0.2) is 0 Å². The van der Waals surface area contributed by atoms with Crippen molar-refractivity contribution in [2.75, 3.05) is 24.6 Å². The van der Waals surface area contributed by atoms with Crippen LogP contribution in [0.15, 0.2) is 54.6 Å². The van der Waals surface area contributed by atoms with E-state index in [0.717, 1.165) is 16.6 Å². The number of aliphatic hydroxyl groups excluding tert-OH is 2. The molecule has 2 atom stereocenters. The molecule has 3 N–H and O–H groups in total. The predicted octanol–water partition coefficient (Wildman–Crippen LogP) is 1.91. The fourth-order valence-corrected chi connectivity index (χ4v) is 4.29. The summed E-state index contributed by atoms with van der Waals surface area (Å²) in [7, 11) is 0. The van der Waals surface area contributed by atoms with Gasteiger partial charge >= 0.3 is 5.97 Å². The highest BCUT2D eigenvalue weighted by atomic mass is 16.4. The molecule has 7 nitrogen and oxygen atoms in total. The smallest absolute Gasteiger partial charge is 0.314 e. The number of carbonyl (C=O) groups is 1. The van der Waals surface area contributed by atoms with Crippen molar-refractivity contribution in [2.24, 2.45) is 5.41 Å². The van der Waals surface area contributed by atoms with Crippen molar-refractivity contribution in [3.8, 4) is 0 Å². The summed E-state index contributed by atoms with van der Waals surface area (Å²) in [6.45, 7) is 0.971. The van der Waals surface area contributed by atoms with Gasteiger partial charge in [-0.2, -0.15) is 0 Å². The predicted molar refractivity (Wildman–Crippen MR) is 110 cm³/mol. The Labute approximate surface area is 168 Å². The van der Waals surface area contributed by atoms with Crippen LogP contribution in [0.2, 0.25) is 0 Å². The van der Waals surface area contributed by atoms with Crippen LogP contribution in [-0.2, 0) is 17.8 Å². The van der Waals surface area contributed by atoms with Crippen molar-refractivity contribution in [2.45, 2.75) is 25.5 Å². The zero-order valence-electron chi connectivity index (χ0n) is 16.1. The van der Waals surface area contributed by atoms with Crippen LogP contribution in [0.1, 0.15) is 12.0 Å². The highest BCUT2D eigenvalue weighted by Gasteiger charge is 2.50. The zero-order valence-corrected chi connectivity index (χ0v) is 16.1. The van der Waals surface area contributed by atoms with Crippen molar-refractivity contribution in [3.63, 3.8) is 0 Å². The molecule has 1 aliphatic heterocycles. The number of piperidine rings is 1. The Hall–Kier alpha value is -2.90. The molecule has 29 heavy (non-hydrogen) atoms. The summed E-state index contributed by atoms with van der Waals surface area (Å²) in [5.41, 5.74) is 1.24. The Morgan fingerprint density at radius 1 is 1.14 bits per heavy atom. The molecule has 0 aliphatic carbocycles. The van der Waals surface area contributed by atoms with Gasteiger partial charge in [0, 0.05) is 19.6 Å². The third kappa shape index (κ3) is 3.47. The maximum absolute atomic E-state index is 12.4. The van der Waals surface area contributed by atoms with E-state index in [-0.39, 0.29) is 19.6 Å². The normalized spacial score (nSPS) is 22.1. The number of carboxylic acid groups (broad SMARTS) is 1. The first-order chi connectivity index (χ1) is 14.0. The molecule has 1 saturated heterocycles. The Morgan fingerprint density at radius 2 is 1.86 bits per heavy atom. The van der Waals surface area contributed by atoms with Crippen LogP contribution >= 0.6 is 0 Å². The number of carboxylic acids is 1. The van der Waals surface area contributed by atoms with E-state index in [9.17, 15) is 20.1 Å². The number of imidazole rings is 1. The molecule has 3 aromatic rings. The van der Waals surface area contributed by atoms with Gasteiger partial charge in [0.25, 0.3) is 0 Å². The van der Waals surface area contributed by atoms with Crippen molar-refractivity contribution in [1.29, 1.82) is 0 Å². The van der Waals surface area contributed by atoms with E-state index in [1.54, 1.807) is 0 Å². The van der Waals surface area contributed by atoms with E-state index in [2.05, 4.69) is 0 Å². The maximum Gasteiger partial charge on any atom is 0.314 e. The standard InChI is InChI=1S/C22H25N3O4/c26-13-12-25-18-9-5-4-8-17(18)23-21(25)24-11-10-19(27)22(15-24,20(28)29)14-16-6-2-1-3-7-16/h1-9,19,26-27H,10-15H2,(H,28,29)/t19-,22+/m0/s1. The molecular weight excluding hydrogens is 370 g/mol. The molecule has 1 aliphatic rings. The topological polar surface area (TPSA) is 98.8 Å². The number of aromatic nitrogens is 2. The second kappa shape index (κ2) is 7.85. The lowest BCUT2D eigenvalue weighted by Gasteiger charge is -2.44. The average Bonchev–Trinajstić information content (AvgIpc) is 3.09. The minimum absolute atomic E-state index is 0.0437. The molecule has 7 heteroatoms. The minimum Gasteiger partial charge on any atom is -0.481 e. The first-order valence-electron chi connectivity index (χ1n) is 9.81. The molecule has 2 heterocycles. The lowest BCUT2D eigenvalue weighted by Crippen LogP contribution is -2.57. The highest BCUT2D eigenvalue weighted by Crippen LogP contribution is 2.37. The fraction of sp³-hybridized carbons (Fsp3) is 0.364. The van der Waals surface area contributed by atoms with Gasteiger partial charge in [0.1, 0.15) is 5.41 Å². The quantitative estimate of drug-likeness (QED) is 0.590. The number of aliphatic hydroxyl groups is 2. The summed E-state index contributed by atoms with van der Waals surface area (Å²) < 4.78 is 1.92. The van der Waals surface area contributed by atoms with Gasteiger partial charge < -0.3 is 24.8 Å². The van der Waals surface area contributed by atoms with Gasteiger partial charge in [-0.25, -0.2) is 4.98 Å². The van der Waals surface area contributed by atoms with Crippen LogP contribution in [0.3, 0.4) is 0 Å². The van der Waals surface area contributed by atoms with Gasteiger partial charge in [-0.3, -0.25) is 4.79 Å². The largest absolute Gasteiger partial charge is 0.481 e. The van der Waals surface area contributed by atoms with Gasteiger partial charge in [-0.05, 0) is 30.5 Å². The van der Waals surface area contributed by atoms with Crippen LogP contribution < -0.4 is 4.90 Å². The van der Waals surface area contributed by atoms with Crippen molar-refractivity contribution >= 4 is 23.0 Å². The molecule has 0 spiro atoms. The maximum atomic E-state index is 12.4. The lowest BCUT2D eigenvalue weighted by molar-refractivity contribution is -0.157. The summed E-state index contributed by atoms with van der Waals surface area (Å²) in [5.74, 6) is -0.380. The monoisotopic (exact) mass is 395 g/mol. The molecule has 0 bridgehead atoms. The first-order valence-corrected chi connectivity index (χ1v) is 9.81. The molecule has 0 amide bonds. The molecule has 0 unspecified atom stereocenters. The first kappa shape index (κ1) is 19.4. The number of anilines is 1. The Morgan fingerprint density at radius 3 is 2.59 bits per heavy atom. The Kier molecular flexibility index (Phi) is 5.25. The molecule has 152 valence electrons. The summed E-state index contributed by atoms with van der Waals surface area (Å²) in [6.07, 6.45) is -0.380. The second-order valence-electron chi connectivity index (χ2n) is 7.63. The number of fused-ring (bicyclic) bond motifs is 1. The van der Waals surface area contributed by atoms with Crippen LogP contribution in [0.5, 0.6) is 0 Å². The van der Waals surface area contributed by atoms with Crippen LogP contribution in [0.25, 0.3) is 11.0 Å². The third-order valence-electron chi connectivity index (χ3n) is 5.81. The number of nitrogens with zero attached hydrogens (tertiary/aromatic N) is 3. The number of aliphatic carboxylic acids is 1.